The molecule has 0 bridgehead atoms. The maximum atomic E-state index is 6.16. The Morgan fingerprint density at radius 1 is 1.23 bits per heavy atom. The van der Waals surface area contributed by atoms with Gasteiger partial charge in [0.25, 0.3) is 0 Å². The molecular weight excluding hydrogens is 316 g/mol. The lowest BCUT2D eigenvalue weighted by Crippen LogP contribution is -2.30. The molecule has 22 heavy (non-hydrogen) atoms. The van der Waals surface area contributed by atoms with E-state index in [9.17, 15) is 0 Å². The molecule has 0 spiro atoms. The number of hydrogen-bond donors (Lipinski definition) is 1. The van der Waals surface area contributed by atoms with E-state index in [-0.39, 0.29) is 0 Å². The summed E-state index contributed by atoms with van der Waals surface area (Å²) in [6.07, 6.45) is 4.81. The molecule has 1 aliphatic rings. The molecule has 2 aromatic heterocycles. The average Bonchev–Trinajstić information content (AvgIpc) is 2.87. The van der Waals surface area contributed by atoms with E-state index >= 15 is 0 Å². The van der Waals surface area contributed by atoms with Gasteiger partial charge in [0.2, 0.25) is 0 Å². The van der Waals surface area contributed by atoms with Crippen molar-refractivity contribution in [3.05, 3.63) is 22.3 Å². The third-order valence-electron chi connectivity index (χ3n) is 4.20. The van der Waals surface area contributed by atoms with Gasteiger partial charge in [-0.2, -0.15) is 0 Å². The molecule has 0 amide bonds. The highest BCUT2D eigenvalue weighted by Gasteiger charge is 2.27. The van der Waals surface area contributed by atoms with E-state index in [0.29, 0.717) is 22.4 Å². The van der Waals surface area contributed by atoms with Crippen LogP contribution in [0, 0.1) is 12.3 Å². The smallest absolute Gasteiger partial charge is 0.192 e. The minimum Gasteiger partial charge on any atom is -0.367 e. The Morgan fingerprint density at radius 2 is 1.95 bits per heavy atom. The summed E-state index contributed by atoms with van der Waals surface area (Å²) in [4.78, 5) is 13.3. The van der Waals surface area contributed by atoms with Crippen molar-refractivity contribution >= 4 is 28.8 Å². The van der Waals surface area contributed by atoms with E-state index in [2.05, 4.69) is 34.1 Å². The van der Waals surface area contributed by atoms with Crippen molar-refractivity contribution in [3.63, 3.8) is 0 Å². The zero-order valence-electron chi connectivity index (χ0n) is 13.2. The molecule has 0 atom stereocenters. The molecule has 1 fully saturated rings. The monoisotopic (exact) mass is 336 g/mol. The third-order valence-corrected chi connectivity index (χ3v) is 5.35. The van der Waals surface area contributed by atoms with Crippen LogP contribution in [-0.2, 0) is 0 Å². The number of thiazole rings is 1. The molecule has 2 aromatic rings. The van der Waals surface area contributed by atoms with Crippen LogP contribution in [0.4, 0.5) is 5.82 Å². The SMILES string of the molecule is Cc1csc(-c2nc(Cl)cc(NC3CCC(C)(C)CC3)n2)n1. The lowest BCUT2D eigenvalue weighted by molar-refractivity contribution is 0.232. The lowest BCUT2D eigenvalue weighted by Gasteiger charge is -2.34. The summed E-state index contributed by atoms with van der Waals surface area (Å²) in [6.45, 7) is 6.65. The van der Waals surface area contributed by atoms with Gasteiger partial charge in [0, 0.05) is 23.2 Å². The Balaban J connectivity index is 1.76. The van der Waals surface area contributed by atoms with Gasteiger partial charge in [0.15, 0.2) is 10.8 Å². The Labute approximate surface area is 140 Å². The number of aryl methyl sites for hydroxylation is 1. The summed E-state index contributed by atoms with van der Waals surface area (Å²) in [5.41, 5.74) is 1.44. The Hall–Kier alpha value is -1.20. The van der Waals surface area contributed by atoms with Gasteiger partial charge in [0.1, 0.15) is 11.0 Å². The predicted octanol–water partition coefficient (Wildman–Crippen LogP) is 4.94. The van der Waals surface area contributed by atoms with Crippen LogP contribution >= 0.6 is 22.9 Å². The number of anilines is 1. The first kappa shape index (κ1) is 15.7. The normalized spacial score (nSPS) is 18.4. The molecule has 1 aliphatic carbocycles. The second-order valence-electron chi connectivity index (χ2n) is 6.78. The molecule has 1 N–H and O–H groups in total. The van der Waals surface area contributed by atoms with Gasteiger partial charge in [-0.15, -0.1) is 11.3 Å². The van der Waals surface area contributed by atoms with Gasteiger partial charge in [0.05, 0.1) is 0 Å². The van der Waals surface area contributed by atoms with Crippen LogP contribution in [0.5, 0.6) is 0 Å². The Morgan fingerprint density at radius 3 is 2.59 bits per heavy atom. The average molecular weight is 337 g/mol. The molecule has 0 saturated heterocycles. The van der Waals surface area contributed by atoms with Crippen molar-refractivity contribution in [1.29, 1.82) is 0 Å². The van der Waals surface area contributed by atoms with Crippen LogP contribution in [0.1, 0.15) is 45.2 Å². The van der Waals surface area contributed by atoms with Crippen molar-refractivity contribution in [2.24, 2.45) is 5.41 Å². The zero-order chi connectivity index (χ0) is 15.7. The van der Waals surface area contributed by atoms with E-state index in [0.717, 1.165) is 16.5 Å². The molecule has 0 aliphatic heterocycles. The fourth-order valence-electron chi connectivity index (χ4n) is 2.80. The summed E-state index contributed by atoms with van der Waals surface area (Å²) in [6, 6.07) is 2.26. The molecule has 2 heterocycles. The van der Waals surface area contributed by atoms with Crippen LogP contribution in [0.15, 0.2) is 11.4 Å². The van der Waals surface area contributed by atoms with Gasteiger partial charge < -0.3 is 5.32 Å². The fraction of sp³-hybridized carbons (Fsp3) is 0.562. The maximum Gasteiger partial charge on any atom is 0.192 e. The third kappa shape index (κ3) is 3.76. The minimum absolute atomic E-state index is 0.455. The van der Waals surface area contributed by atoms with Crippen molar-refractivity contribution < 1.29 is 0 Å². The maximum absolute atomic E-state index is 6.16. The molecule has 0 radical (unpaired) electrons. The summed E-state index contributed by atoms with van der Waals surface area (Å²) >= 11 is 7.70. The van der Waals surface area contributed by atoms with E-state index in [1.807, 2.05) is 12.3 Å². The highest BCUT2D eigenvalue weighted by atomic mass is 35.5. The predicted molar refractivity (Wildman–Crippen MR) is 92.5 cm³/mol. The topological polar surface area (TPSA) is 50.7 Å². The first-order valence-corrected chi connectivity index (χ1v) is 8.91. The van der Waals surface area contributed by atoms with E-state index in [1.165, 1.54) is 25.7 Å². The van der Waals surface area contributed by atoms with Crippen LogP contribution in [0.3, 0.4) is 0 Å². The molecular formula is C16H21ClN4S. The first-order chi connectivity index (χ1) is 10.4. The van der Waals surface area contributed by atoms with Crippen molar-refractivity contribution in [2.75, 3.05) is 5.32 Å². The first-order valence-electron chi connectivity index (χ1n) is 7.65. The highest BCUT2D eigenvalue weighted by molar-refractivity contribution is 7.13. The summed E-state index contributed by atoms with van der Waals surface area (Å²) in [5, 5.41) is 6.78. The molecule has 1 saturated carbocycles. The van der Waals surface area contributed by atoms with Gasteiger partial charge in [-0.25, -0.2) is 15.0 Å². The number of nitrogens with zero attached hydrogens (tertiary/aromatic N) is 3. The summed E-state index contributed by atoms with van der Waals surface area (Å²) in [5.74, 6) is 1.40. The number of nitrogens with one attached hydrogen (secondary N) is 1. The van der Waals surface area contributed by atoms with E-state index in [1.54, 1.807) is 17.4 Å². The molecule has 4 nitrogen and oxygen atoms in total. The van der Waals surface area contributed by atoms with Crippen molar-refractivity contribution in [1.82, 2.24) is 15.0 Å². The van der Waals surface area contributed by atoms with Gasteiger partial charge in [-0.3, -0.25) is 0 Å². The number of rotatable bonds is 3. The van der Waals surface area contributed by atoms with Gasteiger partial charge in [-0.1, -0.05) is 25.4 Å². The van der Waals surface area contributed by atoms with Crippen molar-refractivity contribution in [2.45, 2.75) is 52.5 Å². The zero-order valence-corrected chi connectivity index (χ0v) is 14.8. The van der Waals surface area contributed by atoms with Gasteiger partial charge >= 0.3 is 0 Å². The van der Waals surface area contributed by atoms with Crippen LogP contribution in [0.25, 0.3) is 10.8 Å². The lowest BCUT2D eigenvalue weighted by atomic mass is 9.75. The van der Waals surface area contributed by atoms with E-state index in [4.69, 9.17) is 11.6 Å². The minimum atomic E-state index is 0.455. The number of halogens is 1. The molecule has 118 valence electrons. The summed E-state index contributed by atoms with van der Waals surface area (Å²) < 4.78 is 0. The standard InChI is InChI=1S/C16H21ClN4S/c1-10-9-22-15(18-10)14-20-12(17)8-13(21-14)19-11-4-6-16(2,3)7-5-11/h8-9,11H,4-7H2,1-3H3,(H,19,20,21). The largest absolute Gasteiger partial charge is 0.367 e. The van der Waals surface area contributed by atoms with Crippen molar-refractivity contribution in [3.8, 4) is 10.8 Å². The van der Waals surface area contributed by atoms with E-state index < -0.39 is 0 Å². The van der Waals surface area contributed by atoms with Crippen LogP contribution in [0.2, 0.25) is 5.15 Å². The Kier molecular flexibility index (Phi) is 4.37. The molecule has 0 aromatic carbocycles. The van der Waals surface area contributed by atoms with Crippen LogP contribution in [-0.4, -0.2) is 21.0 Å². The fourth-order valence-corrected chi connectivity index (χ4v) is 3.71. The summed E-state index contributed by atoms with van der Waals surface area (Å²) in [7, 11) is 0. The molecule has 6 heteroatoms. The molecule has 3 rings (SSSR count). The quantitative estimate of drug-likeness (QED) is 0.806. The Bertz CT molecular complexity index is 658. The number of hydrogen-bond acceptors (Lipinski definition) is 5. The number of aromatic nitrogens is 3. The second-order valence-corrected chi connectivity index (χ2v) is 8.02. The van der Waals surface area contributed by atoms with Crippen LogP contribution < -0.4 is 5.32 Å². The highest BCUT2D eigenvalue weighted by Crippen LogP contribution is 2.36. The van der Waals surface area contributed by atoms with Gasteiger partial charge in [-0.05, 0) is 38.0 Å². The second kappa shape index (κ2) is 6.13. The molecule has 0 unspecified atom stereocenters.